The lowest BCUT2D eigenvalue weighted by atomic mass is 10.2. The summed E-state index contributed by atoms with van der Waals surface area (Å²) in [6.45, 7) is 4.91. The van der Waals surface area contributed by atoms with E-state index in [4.69, 9.17) is 0 Å². The first-order valence-corrected chi connectivity index (χ1v) is 5.63. The predicted molar refractivity (Wildman–Crippen MR) is 62.2 cm³/mol. The molecule has 0 bridgehead atoms. The molecule has 0 saturated carbocycles. The van der Waals surface area contributed by atoms with Gasteiger partial charge in [-0.15, -0.1) is 11.8 Å². The Morgan fingerprint density at radius 3 is 1.93 bits per heavy atom. The molecule has 0 saturated heterocycles. The molecular weight excluding hydrogens is 208 g/mol. The minimum absolute atomic E-state index is 0.0897. The van der Waals surface area contributed by atoms with E-state index < -0.39 is 5.25 Å². The maximum absolute atomic E-state index is 11.2. The first kappa shape index (κ1) is 12.0. The molecular formula is C12H14O2S. The average molecular weight is 222 g/mol. The number of hydrogen-bond acceptors (Lipinski definition) is 3. The van der Waals surface area contributed by atoms with Crippen molar-refractivity contribution in [3.63, 3.8) is 0 Å². The number of aryl methyl sites for hydroxylation is 1. The van der Waals surface area contributed by atoms with E-state index in [2.05, 4.69) is 0 Å². The standard InChI is InChI=1S/C12H14O2S/c1-8-4-6-11(7-5-8)15-12(9(2)13)10(3)14/h4-7,12H,1-3H3. The largest absolute Gasteiger partial charge is 0.298 e. The van der Waals surface area contributed by atoms with Crippen LogP contribution in [0.25, 0.3) is 0 Å². The molecule has 0 N–H and O–H groups in total. The highest BCUT2D eigenvalue weighted by atomic mass is 32.2. The zero-order valence-corrected chi connectivity index (χ0v) is 9.93. The number of Topliss-reactive ketones (excluding diaryl/α,β-unsaturated/α-hetero) is 2. The summed E-state index contributed by atoms with van der Waals surface area (Å²) in [6.07, 6.45) is 0. The van der Waals surface area contributed by atoms with E-state index in [0.717, 1.165) is 4.90 Å². The van der Waals surface area contributed by atoms with Gasteiger partial charge in [0.05, 0.1) is 0 Å². The van der Waals surface area contributed by atoms with Crippen LogP contribution in [0.5, 0.6) is 0 Å². The SMILES string of the molecule is CC(=O)C(Sc1ccc(C)cc1)C(C)=O. The van der Waals surface area contributed by atoms with Crippen LogP contribution in [0.1, 0.15) is 19.4 Å². The van der Waals surface area contributed by atoms with Crippen LogP contribution in [0.15, 0.2) is 29.2 Å². The molecule has 15 heavy (non-hydrogen) atoms. The number of carbonyl (C=O) groups excluding carboxylic acids is 2. The quantitative estimate of drug-likeness (QED) is 0.580. The molecule has 0 aliphatic carbocycles. The smallest absolute Gasteiger partial charge is 0.150 e. The summed E-state index contributed by atoms with van der Waals surface area (Å²) < 4.78 is 0. The molecule has 0 spiro atoms. The zero-order valence-electron chi connectivity index (χ0n) is 9.11. The number of thioether (sulfide) groups is 1. The molecule has 0 unspecified atom stereocenters. The van der Waals surface area contributed by atoms with Crippen LogP contribution in [0.3, 0.4) is 0 Å². The highest BCUT2D eigenvalue weighted by Gasteiger charge is 2.20. The van der Waals surface area contributed by atoms with Gasteiger partial charge in [-0.1, -0.05) is 17.7 Å². The summed E-state index contributed by atoms with van der Waals surface area (Å²) in [6, 6.07) is 7.80. The molecule has 0 radical (unpaired) electrons. The number of carbonyl (C=O) groups is 2. The van der Waals surface area contributed by atoms with Crippen molar-refractivity contribution in [1.82, 2.24) is 0 Å². The molecule has 0 aromatic heterocycles. The third-order valence-electron chi connectivity index (χ3n) is 2.01. The second-order valence-electron chi connectivity index (χ2n) is 3.53. The van der Waals surface area contributed by atoms with E-state index in [-0.39, 0.29) is 11.6 Å². The van der Waals surface area contributed by atoms with Gasteiger partial charge in [-0.3, -0.25) is 9.59 Å². The number of benzene rings is 1. The Morgan fingerprint density at radius 2 is 1.53 bits per heavy atom. The Labute approximate surface area is 94.1 Å². The Morgan fingerprint density at radius 1 is 1.07 bits per heavy atom. The van der Waals surface area contributed by atoms with Crippen LogP contribution in [0.4, 0.5) is 0 Å². The fourth-order valence-corrected chi connectivity index (χ4v) is 2.10. The lowest BCUT2D eigenvalue weighted by molar-refractivity contribution is -0.123. The Hall–Kier alpha value is -1.09. The van der Waals surface area contributed by atoms with Gasteiger partial charge in [0.2, 0.25) is 0 Å². The van der Waals surface area contributed by atoms with Gasteiger partial charge in [0.15, 0.2) is 11.6 Å². The van der Waals surface area contributed by atoms with Gasteiger partial charge in [0.25, 0.3) is 0 Å². The van der Waals surface area contributed by atoms with Gasteiger partial charge in [-0.25, -0.2) is 0 Å². The van der Waals surface area contributed by atoms with E-state index in [9.17, 15) is 9.59 Å². The molecule has 0 aliphatic heterocycles. The van der Waals surface area contributed by atoms with Crippen molar-refractivity contribution >= 4 is 23.3 Å². The fourth-order valence-electron chi connectivity index (χ4n) is 1.21. The molecule has 1 rings (SSSR count). The van der Waals surface area contributed by atoms with Crippen LogP contribution in [-0.4, -0.2) is 16.8 Å². The van der Waals surface area contributed by atoms with E-state index in [0.29, 0.717) is 0 Å². The summed E-state index contributed by atoms with van der Waals surface area (Å²) >= 11 is 1.31. The van der Waals surface area contributed by atoms with Gasteiger partial charge in [0, 0.05) is 4.90 Å². The molecule has 1 aromatic rings. The van der Waals surface area contributed by atoms with Crippen molar-refractivity contribution in [1.29, 1.82) is 0 Å². The molecule has 80 valence electrons. The minimum atomic E-state index is -0.562. The Kier molecular flexibility index (Phi) is 4.09. The summed E-state index contributed by atoms with van der Waals surface area (Å²) in [4.78, 5) is 23.4. The molecule has 0 heterocycles. The van der Waals surface area contributed by atoms with E-state index in [1.165, 1.54) is 31.2 Å². The van der Waals surface area contributed by atoms with Crippen LogP contribution >= 0.6 is 11.8 Å². The maximum Gasteiger partial charge on any atom is 0.150 e. The first-order valence-electron chi connectivity index (χ1n) is 4.75. The monoisotopic (exact) mass is 222 g/mol. The minimum Gasteiger partial charge on any atom is -0.298 e. The zero-order chi connectivity index (χ0) is 11.4. The molecule has 0 atom stereocenters. The third kappa shape index (κ3) is 3.51. The number of rotatable bonds is 4. The third-order valence-corrected chi connectivity index (χ3v) is 3.46. The Balaban J connectivity index is 2.79. The summed E-state index contributed by atoms with van der Waals surface area (Å²) in [5, 5.41) is -0.562. The normalized spacial score (nSPS) is 10.4. The van der Waals surface area contributed by atoms with Crippen LogP contribution < -0.4 is 0 Å². The molecule has 0 amide bonds. The first-order chi connectivity index (χ1) is 7.00. The Bertz CT molecular complexity index is 354. The van der Waals surface area contributed by atoms with Crippen molar-refractivity contribution in [2.24, 2.45) is 0 Å². The van der Waals surface area contributed by atoms with Crippen molar-refractivity contribution in [2.45, 2.75) is 30.9 Å². The predicted octanol–water partition coefficient (Wildman–Crippen LogP) is 2.63. The molecule has 0 aliphatic rings. The topological polar surface area (TPSA) is 34.1 Å². The van der Waals surface area contributed by atoms with Gasteiger partial charge < -0.3 is 0 Å². The highest BCUT2D eigenvalue weighted by molar-refractivity contribution is 8.01. The molecule has 1 aromatic carbocycles. The number of ketones is 2. The van der Waals surface area contributed by atoms with E-state index in [1.54, 1.807) is 0 Å². The highest BCUT2D eigenvalue weighted by Crippen LogP contribution is 2.24. The van der Waals surface area contributed by atoms with Gasteiger partial charge >= 0.3 is 0 Å². The van der Waals surface area contributed by atoms with Crippen LogP contribution in [0, 0.1) is 6.92 Å². The summed E-state index contributed by atoms with van der Waals surface area (Å²) in [5.41, 5.74) is 1.17. The average Bonchev–Trinajstić information content (AvgIpc) is 2.15. The van der Waals surface area contributed by atoms with Crippen molar-refractivity contribution < 1.29 is 9.59 Å². The summed E-state index contributed by atoms with van der Waals surface area (Å²) in [7, 11) is 0. The molecule has 3 heteroatoms. The van der Waals surface area contributed by atoms with Gasteiger partial charge in [-0.2, -0.15) is 0 Å². The van der Waals surface area contributed by atoms with Crippen LogP contribution in [-0.2, 0) is 9.59 Å². The summed E-state index contributed by atoms with van der Waals surface area (Å²) in [5.74, 6) is -0.179. The van der Waals surface area contributed by atoms with Gasteiger partial charge in [-0.05, 0) is 32.9 Å². The van der Waals surface area contributed by atoms with Crippen molar-refractivity contribution in [3.05, 3.63) is 29.8 Å². The van der Waals surface area contributed by atoms with E-state index >= 15 is 0 Å². The van der Waals surface area contributed by atoms with Crippen LogP contribution in [0.2, 0.25) is 0 Å². The second kappa shape index (κ2) is 5.12. The van der Waals surface area contributed by atoms with Gasteiger partial charge in [0.1, 0.15) is 5.25 Å². The fraction of sp³-hybridized carbons (Fsp3) is 0.333. The van der Waals surface area contributed by atoms with Crippen molar-refractivity contribution in [3.8, 4) is 0 Å². The lowest BCUT2D eigenvalue weighted by Gasteiger charge is -2.09. The molecule has 0 fully saturated rings. The van der Waals surface area contributed by atoms with Crippen molar-refractivity contribution in [2.75, 3.05) is 0 Å². The molecule has 2 nitrogen and oxygen atoms in total. The number of hydrogen-bond donors (Lipinski definition) is 0. The van der Waals surface area contributed by atoms with E-state index in [1.807, 2.05) is 31.2 Å². The lowest BCUT2D eigenvalue weighted by Crippen LogP contribution is -2.21. The second-order valence-corrected chi connectivity index (χ2v) is 4.71. The maximum atomic E-state index is 11.2.